The zero-order valence-corrected chi connectivity index (χ0v) is 18.8. The van der Waals surface area contributed by atoms with Crippen molar-refractivity contribution in [2.24, 2.45) is 0 Å². The molecule has 1 aliphatic rings. The third-order valence-corrected chi connectivity index (χ3v) is 5.51. The summed E-state index contributed by atoms with van der Waals surface area (Å²) in [5.41, 5.74) is 5.09. The first-order chi connectivity index (χ1) is 14.2. The molecule has 1 aromatic heterocycles. The second-order valence-electron chi connectivity index (χ2n) is 8.32. The quantitative estimate of drug-likeness (QED) is 0.735. The van der Waals surface area contributed by atoms with Crippen LogP contribution < -0.4 is 10.2 Å². The van der Waals surface area contributed by atoms with Crippen LogP contribution in [-0.4, -0.2) is 61.1 Å². The molecule has 0 unspecified atom stereocenters. The highest BCUT2D eigenvalue weighted by Crippen LogP contribution is 2.26. The van der Waals surface area contributed by atoms with Crippen molar-refractivity contribution < 1.29 is 14.3 Å². The molecular formula is C23H32N4O3. The number of nitrogens with one attached hydrogen (secondary N) is 2. The Balaban J connectivity index is 1.75. The number of hydrogen-bond acceptors (Lipinski definition) is 5. The number of aromatic amines is 1. The molecule has 2 aromatic rings. The zero-order valence-electron chi connectivity index (χ0n) is 18.8. The van der Waals surface area contributed by atoms with Crippen molar-refractivity contribution in [1.82, 2.24) is 9.88 Å². The number of esters is 1. The van der Waals surface area contributed by atoms with Gasteiger partial charge in [-0.25, -0.2) is 4.79 Å². The van der Waals surface area contributed by atoms with Crippen molar-refractivity contribution in [2.75, 3.05) is 43.4 Å². The number of likely N-dealkylation sites (N-methyl/N-ethyl adjacent to an activating group) is 1. The van der Waals surface area contributed by atoms with Gasteiger partial charge in [-0.05, 0) is 71.0 Å². The van der Waals surface area contributed by atoms with Crippen LogP contribution in [0.4, 0.5) is 11.4 Å². The molecule has 0 bridgehead atoms. The fraction of sp³-hybridized carbons (Fsp3) is 0.478. The molecule has 1 fully saturated rings. The Labute approximate surface area is 178 Å². The van der Waals surface area contributed by atoms with Crippen molar-refractivity contribution in [2.45, 2.75) is 40.7 Å². The number of nitrogens with zero attached hydrogens (tertiary/aromatic N) is 2. The van der Waals surface area contributed by atoms with E-state index in [2.05, 4.69) is 40.1 Å². The lowest BCUT2D eigenvalue weighted by molar-refractivity contribution is 0.0376. The predicted molar refractivity (Wildman–Crippen MR) is 120 cm³/mol. The van der Waals surface area contributed by atoms with Crippen molar-refractivity contribution in [3.05, 3.63) is 46.3 Å². The smallest absolute Gasteiger partial charge is 0.340 e. The third-order valence-electron chi connectivity index (χ3n) is 5.51. The highest BCUT2D eigenvalue weighted by Gasteiger charge is 2.24. The predicted octanol–water partition coefficient (Wildman–Crippen LogP) is 3.51. The number of carbonyl (C=O) groups excluding carboxylic acids is 2. The summed E-state index contributed by atoms with van der Waals surface area (Å²) in [5.74, 6) is -0.686. The van der Waals surface area contributed by atoms with Gasteiger partial charge in [-0.2, -0.15) is 0 Å². The van der Waals surface area contributed by atoms with E-state index >= 15 is 0 Å². The molecule has 1 amide bonds. The van der Waals surface area contributed by atoms with Gasteiger partial charge in [0.05, 0.1) is 11.7 Å². The van der Waals surface area contributed by atoms with Crippen LogP contribution in [0.1, 0.15) is 51.5 Å². The van der Waals surface area contributed by atoms with E-state index in [9.17, 15) is 9.59 Å². The summed E-state index contributed by atoms with van der Waals surface area (Å²) in [7, 11) is 2.14. The Bertz CT molecular complexity index is 940. The number of rotatable bonds is 5. The molecule has 0 aliphatic carbocycles. The van der Waals surface area contributed by atoms with Crippen molar-refractivity contribution in [3.63, 3.8) is 0 Å². The van der Waals surface area contributed by atoms with E-state index in [4.69, 9.17) is 4.74 Å². The van der Waals surface area contributed by atoms with E-state index in [1.165, 1.54) is 5.69 Å². The normalized spacial score (nSPS) is 14.8. The van der Waals surface area contributed by atoms with Gasteiger partial charge in [-0.1, -0.05) is 0 Å². The van der Waals surface area contributed by atoms with Gasteiger partial charge in [-0.15, -0.1) is 0 Å². The number of aryl methyl sites for hydroxylation is 2. The summed E-state index contributed by atoms with van der Waals surface area (Å²) < 4.78 is 5.30. The standard InChI is InChI=1S/C23H32N4O3/c1-14(2)30-23(29)20-16(4)21(24-17(20)5)22(28)25-18-7-8-19(15(3)13-18)27-11-9-26(6)10-12-27/h7-8,13-14,24H,9-12H2,1-6H3,(H,25,28). The monoisotopic (exact) mass is 412 g/mol. The number of ether oxygens (including phenoxy) is 1. The number of amides is 1. The number of anilines is 2. The number of carbonyl (C=O) groups is 2. The third kappa shape index (κ3) is 4.67. The van der Waals surface area contributed by atoms with E-state index in [-0.39, 0.29) is 12.0 Å². The van der Waals surface area contributed by atoms with Gasteiger partial charge in [0.1, 0.15) is 5.69 Å². The molecule has 1 aliphatic heterocycles. The Hall–Kier alpha value is -2.80. The molecule has 7 nitrogen and oxygen atoms in total. The largest absolute Gasteiger partial charge is 0.459 e. The minimum absolute atomic E-state index is 0.217. The first-order valence-corrected chi connectivity index (χ1v) is 10.4. The molecule has 162 valence electrons. The number of aromatic nitrogens is 1. The minimum atomic E-state index is -0.414. The van der Waals surface area contributed by atoms with Crippen LogP contribution in [0.5, 0.6) is 0 Å². The van der Waals surface area contributed by atoms with Crippen molar-refractivity contribution in [3.8, 4) is 0 Å². The number of benzene rings is 1. The lowest BCUT2D eigenvalue weighted by atomic mass is 10.1. The lowest BCUT2D eigenvalue weighted by Gasteiger charge is -2.35. The SMILES string of the molecule is Cc1cc(NC(=O)c2[nH]c(C)c(C(=O)OC(C)C)c2C)ccc1N1CCN(C)CC1. The fourth-order valence-electron chi connectivity index (χ4n) is 3.89. The maximum absolute atomic E-state index is 12.9. The van der Waals surface area contributed by atoms with Gasteiger partial charge in [0.25, 0.3) is 5.91 Å². The van der Waals surface area contributed by atoms with E-state index in [0.717, 1.165) is 37.4 Å². The van der Waals surface area contributed by atoms with Crippen LogP contribution >= 0.6 is 0 Å². The molecular weight excluding hydrogens is 380 g/mol. The highest BCUT2D eigenvalue weighted by molar-refractivity contribution is 6.07. The highest BCUT2D eigenvalue weighted by atomic mass is 16.5. The van der Waals surface area contributed by atoms with Gasteiger partial charge in [-0.3, -0.25) is 4.79 Å². The summed E-state index contributed by atoms with van der Waals surface area (Å²) in [5, 5.41) is 2.95. The molecule has 0 radical (unpaired) electrons. The number of H-pyrrole nitrogens is 1. The molecule has 7 heteroatoms. The molecule has 1 aromatic carbocycles. The van der Waals surface area contributed by atoms with E-state index in [0.29, 0.717) is 22.5 Å². The van der Waals surface area contributed by atoms with E-state index in [1.807, 2.05) is 12.1 Å². The molecule has 2 heterocycles. The summed E-state index contributed by atoms with van der Waals surface area (Å²) in [6, 6.07) is 5.98. The first kappa shape index (κ1) is 21.9. The average Bonchev–Trinajstić information content (AvgIpc) is 2.96. The maximum atomic E-state index is 12.9. The van der Waals surface area contributed by atoms with Crippen LogP contribution in [0.2, 0.25) is 0 Å². The summed E-state index contributed by atoms with van der Waals surface area (Å²) in [6.07, 6.45) is -0.217. The van der Waals surface area contributed by atoms with Gasteiger partial charge in [0, 0.05) is 43.2 Å². The molecule has 30 heavy (non-hydrogen) atoms. The van der Waals surface area contributed by atoms with Crippen molar-refractivity contribution >= 4 is 23.3 Å². The molecule has 0 atom stereocenters. The van der Waals surface area contributed by atoms with Gasteiger partial charge in [0.2, 0.25) is 0 Å². The molecule has 3 rings (SSSR count). The van der Waals surface area contributed by atoms with Crippen LogP contribution in [0.3, 0.4) is 0 Å². The summed E-state index contributed by atoms with van der Waals surface area (Å²) >= 11 is 0. The van der Waals surface area contributed by atoms with Gasteiger partial charge >= 0.3 is 5.97 Å². The second kappa shape index (κ2) is 8.92. The van der Waals surface area contributed by atoms with Gasteiger partial charge in [0.15, 0.2) is 0 Å². The maximum Gasteiger partial charge on any atom is 0.340 e. The second-order valence-corrected chi connectivity index (χ2v) is 8.32. The van der Waals surface area contributed by atoms with Gasteiger partial charge < -0.3 is 24.8 Å². The summed E-state index contributed by atoms with van der Waals surface area (Å²) in [4.78, 5) is 33.0. The Morgan fingerprint density at radius 3 is 2.37 bits per heavy atom. The fourth-order valence-corrected chi connectivity index (χ4v) is 3.89. The van der Waals surface area contributed by atoms with Crippen molar-refractivity contribution in [1.29, 1.82) is 0 Å². The number of hydrogen-bond donors (Lipinski definition) is 2. The minimum Gasteiger partial charge on any atom is -0.459 e. The van der Waals surface area contributed by atoms with Crippen LogP contribution in [-0.2, 0) is 4.74 Å². The summed E-state index contributed by atoms with van der Waals surface area (Å²) in [6.45, 7) is 13.3. The van der Waals surface area contributed by atoms with Crippen LogP contribution in [0.15, 0.2) is 18.2 Å². The topological polar surface area (TPSA) is 77.7 Å². The first-order valence-electron chi connectivity index (χ1n) is 10.4. The average molecular weight is 413 g/mol. The van der Waals surface area contributed by atoms with E-state index in [1.54, 1.807) is 27.7 Å². The molecule has 1 saturated heterocycles. The Morgan fingerprint density at radius 2 is 1.77 bits per heavy atom. The number of piperazine rings is 1. The van der Waals surface area contributed by atoms with Crippen LogP contribution in [0.25, 0.3) is 0 Å². The Kier molecular flexibility index (Phi) is 6.51. The van der Waals surface area contributed by atoms with Crippen LogP contribution in [0, 0.1) is 20.8 Å². The van der Waals surface area contributed by atoms with E-state index < -0.39 is 5.97 Å². The Morgan fingerprint density at radius 1 is 1.10 bits per heavy atom. The zero-order chi connectivity index (χ0) is 22.0. The molecule has 0 saturated carbocycles. The molecule has 2 N–H and O–H groups in total. The molecule has 0 spiro atoms. The lowest BCUT2D eigenvalue weighted by Crippen LogP contribution is -2.44.